The maximum atomic E-state index is 14.2. The minimum Gasteiger partial charge on any atom is -0.355 e. The molecule has 2 aliphatic rings. The first kappa shape index (κ1) is 27.0. The Bertz CT molecular complexity index is 1350. The van der Waals surface area contributed by atoms with Crippen molar-refractivity contribution >= 4 is 11.8 Å². The highest BCUT2D eigenvalue weighted by molar-refractivity contribution is 5.94. The van der Waals surface area contributed by atoms with Gasteiger partial charge in [-0.2, -0.15) is 5.10 Å². The van der Waals surface area contributed by atoms with Gasteiger partial charge in [0, 0.05) is 56.1 Å². The van der Waals surface area contributed by atoms with Gasteiger partial charge in [-0.15, -0.1) is 0 Å². The Balaban J connectivity index is 1.33. The maximum absolute atomic E-state index is 14.2. The molecule has 1 aromatic carbocycles. The zero-order chi connectivity index (χ0) is 27.7. The fourth-order valence-electron chi connectivity index (χ4n) is 5.67. The second-order valence-electron chi connectivity index (χ2n) is 11.1. The lowest BCUT2D eigenvalue weighted by molar-refractivity contribution is -0.129. The largest absolute Gasteiger partial charge is 0.355 e. The smallest absolute Gasteiger partial charge is 0.273 e. The number of aryl methyl sites for hydroxylation is 1. The van der Waals surface area contributed by atoms with Crippen LogP contribution in [0.25, 0.3) is 11.3 Å². The lowest BCUT2D eigenvalue weighted by Crippen LogP contribution is -2.59. The zero-order valence-electron chi connectivity index (χ0n) is 22.4. The molecule has 5 rings (SSSR count). The summed E-state index contributed by atoms with van der Waals surface area (Å²) in [6, 6.07) is 4.42. The second-order valence-corrected chi connectivity index (χ2v) is 11.1. The molecule has 208 valence electrons. The van der Waals surface area contributed by atoms with E-state index < -0.39 is 35.0 Å². The van der Waals surface area contributed by atoms with E-state index in [4.69, 9.17) is 4.52 Å². The van der Waals surface area contributed by atoms with Crippen LogP contribution in [0.3, 0.4) is 0 Å². The number of nitrogens with one attached hydrogen (secondary N) is 2. The van der Waals surface area contributed by atoms with E-state index in [-0.39, 0.29) is 22.9 Å². The van der Waals surface area contributed by atoms with Gasteiger partial charge in [0.2, 0.25) is 5.91 Å². The number of hydrogen-bond acceptors (Lipinski definition) is 6. The van der Waals surface area contributed by atoms with Crippen molar-refractivity contribution < 1.29 is 22.9 Å². The van der Waals surface area contributed by atoms with E-state index >= 15 is 0 Å². The Hall–Kier alpha value is -3.60. The summed E-state index contributed by atoms with van der Waals surface area (Å²) in [6.45, 7) is 5.17. The number of benzene rings is 1. The van der Waals surface area contributed by atoms with Crippen LogP contribution < -0.4 is 10.6 Å². The molecule has 3 heterocycles. The summed E-state index contributed by atoms with van der Waals surface area (Å²) in [7, 11) is 1.83. The summed E-state index contributed by atoms with van der Waals surface area (Å²) in [4.78, 5) is 29.3. The molecule has 1 aliphatic heterocycles. The van der Waals surface area contributed by atoms with E-state index in [0.717, 1.165) is 37.1 Å². The number of piperidine rings is 1. The summed E-state index contributed by atoms with van der Waals surface area (Å²) in [5, 5.41) is 14.2. The number of likely N-dealkylation sites (tertiary alicyclic amines) is 1. The molecule has 0 spiro atoms. The standard InChI is InChI=1S/C28H34F2N6O3/c1-28(2,17-14-31-35(3)15-17)33-26(37)21-16-36(19-6-4-5-7-19)11-10-23(21)32-27(38)24-13-25(39-34-24)20-9-8-18(29)12-22(20)30/h8-9,12-15,19,21,23H,4-7,10-11,16H2,1-3H3,(H,32,38)(H,33,37)/t21-,23-/m0/s1. The molecule has 2 fully saturated rings. The number of carbonyl (C=O) groups excluding carboxylic acids is 2. The van der Waals surface area contributed by atoms with Gasteiger partial charge in [-0.3, -0.25) is 19.2 Å². The summed E-state index contributed by atoms with van der Waals surface area (Å²) in [6.07, 6.45) is 8.83. The lowest BCUT2D eigenvalue weighted by Gasteiger charge is -2.41. The first-order valence-electron chi connectivity index (χ1n) is 13.4. The van der Waals surface area contributed by atoms with Crippen molar-refractivity contribution in [3.05, 3.63) is 59.6 Å². The van der Waals surface area contributed by atoms with Crippen molar-refractivity contribution in [2.24, 2.45) is 13.0 Å². The summed E-state index contributed by atoms with van der Waals surface area (Å²) >= 11 is 0. The molecular weight excluding hydrogens is 506 g/mol. The molecule has 1 saturated heterocycles. The summed E-state index contributed by atoms with van der Waals surface area (Å²) in [5.41, 5.74) is 0.186. The monoisotopic (exact) mass is 540 g/mol. The number of hydrogen-bond donors (Lipinski definition) is 2. The summed E-state index contributed by atoms with van der Waals surface area (Å²) < 4.78 is 34.4. The van der Waals surface area contributed by atoms with Gasteiger partial charge in [0.05, 0.1) is 23.2 Å². The van der Waals surface area contributed by atoms with Crippen molar-refractivity contribution in [2.45, 2.75) is 63.6 Å². The molecular formula is C28H34F2N6O3. The van der Waals surface area contributed by atoms with Crippen LogP contribution in [0.4, 0.5) is 8.78 Å². The first-order valence-corrected chi connectivity index (χ1v) is 13.4. The van der Waals surface area contributed by atoms with E-state index in [2.05, 4.69) is 25.8 Å². The molecule has 3 aromatic rings. The van der Waals surface area contributed by atoms with Crippen LogP contribution in [0, 0.1) is 17.6 Å². The third-order valence-corrected chi connectivity index (χ3v) is 7.94. The Kier molecular flexibility index (Phi) is 7.53. The number of rotatable bonds is 7. The number of halogens is 2. The van der Waals surface area contributed by atoms with Gasteiger partial charge in [-0.25, -0.2) is 8.78 Å². The molecule has 2 aromatic heterocycles. The van der Waals surface area contributed by atoms with Crippen LogP contribution in [0.2, 0.25) is 0 Å². The van der Waals surface area contributed by atoms with Gasteiger partial charge in [0.15, 0.2) is 11.5 Å². The van der Waals surface area contributed by atoms with Gasteiger partial charge in [-0.05, 0) is 45.2 Å². The quantitative estimate of drug-likeness (QED) is 0.473. The topological polar surface area (TPSA) is 105 Å². The average Bonchev–Trinajstić information content (AvgIpc) is 3.66. The van der Waals surface area contributed by atoms with Gasteiger partial charge < -0.3 is 15.2 Å². The van der Waals surface area contributed by atoms with Crippen molar-refractivity contribution in [2.75, 3.05) is 13.1 Å². The minimum atomic E-state index is -0.814. The normalized spacial score (nSPS) is 20.7. The number of aromatic nitrogens is 3. The van der Waals surface area contributed by atoms with E-state index in [1.807, 2.05) is 27.1 Å². The number of carbonyl (C=O) groups is 2. The van der Waals surface area contributed by atoms with E-state index in [9.17, 15) is 18.4 Å². The average molecular weight is 541 g/mol. The molecule has 0 radical (unpaired) electrons. The SMILES string of the molecule is Cn1cc(C(C)(C)NC(=O)[C@H]2CN(C3CCCC3)CC[C@@H]2NC(=O)c2cc(-c3ccc(F)cc3F)on2)cn1. The summed E-state index contributed by atoms with van der Waals surface area (Å²) in [5.74, 6) is -2.66. The Labute approximate surface area is 225 Å². The minimum absolute atomic E-state index is 0.00251. The van der Waals surface area contributed by atoms with Crippen molar-refractivity contribution in [1.29, 1.82) is 0 Å². The maximum Gasteiger partial charge on any atom is 0.273 e. The van der Waals surface area contributed by atoms with Gasteiger partial charge >= 0.3 is 0 Å². The lowest BCUT2D eigenvalue weighted by atomic mass is 9.88. The third kappa shape index (κ3) is 5.88. The first-order chi connectivity index (χ1) is 18.6. The molecule has 2 atom stereocenters. The van der Waals surface area contributed by atoms with Gasteiger partial charge in [0.1, 0.15) is 11.6 Å². The van der Waals surface area contributed by atoms with E-state index in [1.165, 1.54) is 25.0 Å². The van der Waals surface area contributed by atoms with E-state index in [0.29, 0.717) is 19.0 Å². The third-order valence-electron chi connectivity index (χ3n) is 7.94. The van der Waals surface area contributed by atoms with Crippen LogP contribution in [0.5, 0.6) is 0 Å². The predicted molar refractivity (Wildman–Crippen MR) is 139 cm³/mol. The Morgan fingerprint density at radius 1 is 1.13 bits per heavy atom. The molecule has 2 amide bonds. The highest BCUT2D eigenvalue weighted by Gasteiger charge is 2.40. The van der Waals surface area contributed by atoms with Crippen LogP contribution in [0.1, 0.15) is 62.0 Å². The predicted octanol–water partition coefficient (Wildman–Crippen LogP) is 3.77. The van der Waals surface area contributed by atoms with Crippen molar-refractivity contribution in [3.63, 3.8) is 0 Å². The Morgan fingerprint density at radius 3 is 2.59 bits per heavy atom. The molecule has 0 bridgehead atoms. The van der Waals surface area contributed by atoms with E-state index in [1.54, 1.807) is 10.9 Å². The second kappa shape index (κ2) is 10.9. The zero-order valence-corrected chi connectivity index (χ0v) is 22.4. The molecule has 11 heteroatoms. The van der Waals surface area contributed by atoms with Crippen molar-refractivity contribution in [1.82, 2.24) is 30.5 Å². The molecule has 1 aliphatic carbocycles. The van der Waals surface area contributed by atoms with Crippen LogP contribution in [-0.2, 0) is 17.4 Å². The molecule has 1 saturated carbocycles. The molecule has 2 N–H and O–H groups in total. The fourth-order valence-corrected chi connectivity index (χ4v) is 5.67. The fraction of sp³-hybridized carbons (Fsp3) is 0.500. The van der Waals surface area contributed by atoms with Gasteiger partial charge in [0.25, 0.3) is 5.91 Å². The Morgan fingerprint density at radius 2 is 1.90 bits per heavy atom. The number of amides is 2. The molecule has 0 unspecified atom stereocenters. The van der Waals surface area contributed by atoms with Gasteiger partial charge in [-0.1, -0.05) is 18.0 Å². The number of nitrogens with zero attached hydrogens (tertiary/aromatic N) is 4. The highest BCUT2D eigenvalue weighted by Crippen LogP contribution is 2.30. The van der Waals surface area contributed by atoms with Crippen molar-refractivity contribution in [3.8, 4) is 11.3 Å². The molecule has 39 heavy (non-hydrogen) atoms. The highest BCUT2D eigenvalue weighted by atomic mass is 19.1. The van der Waals surface area contributed by atoms with Crippen LogP contribution >= 0.6 is 0 Å². The van der Waals surface area contributed by atoms with Crippen LogP contribution in [0.15, 0.2) is 41.2 Å². The molecule has 9 nitrogen and oxygen atoms in total. The van der Waals surface area contributed by atoms with Crippen LogP contribution in [-0.4, -0.2) is 56.8 Å².